The molecule has 0 radical (unpaired) electrons. The van der Waals surface area contributed by atoms with Crippen molar-refractivity contribution in [2.75, 3.05) is 4.72 Å². The lowest BCUT2D eigenvalue weighted by Gasteiger charge is -2.19. The van der Waals surface area contributed by atoms with Gasteiger partial charge in [-0.15, -0.1) is 0 Å². The molecule has 4 rings (SSSR count). The third-order valence-electron chi connectivity index (χ3n) is 4.86. The lowest BCUT2D eigenvalue weighted by atomic mass is 9.87. The van der Waals surface area contributed by atoms with Crippen LogP contribution in [0.5, 0.6) is 0 Å². The second-order valence-corrected chi connectivity index (χ2v) is 11.7. The summed E-state index contributed by atoms with van der Waals surface area (Å²) in [5.41, 5.74) is 3.43. The zero-order valence-electron chi connectivity index (χ0n) is 17.1. The van der Waals surface area contributed by atoms with Gasteiger partial charge in [-0.05, 0) is 73.2 Å². The number of anilines is 1. The zero-order valence-corrected chi connectivity index (χ0v) is 21.1. The Labute approximate surface area is 198 Å². The molecule has 0 bridgehead atoms. The van der Waals surface area contributed by atoms with Gasteiger partial charge >= 0.3 is 0 Å². The number of hydrogen-bond acceptors (Lipinski definition) is 5. The molecule has 0 saturated carbocycles. The van der Waals surface area contributed by atoms with Crippen LogP contribution < -0.4 is 4.72 Å². The number of nitrogens with one attached hydrogen (secondary N) is 1. The highest BCUT2D eigenvalue weighted by Gasteiger charge is 2.34. The minimum absolute atomic E-state index is 0.0519. The number of aliphatic imine (C=N–C) groups is 1. The third kappa shape index (κ3) is 4.88. The van der Waals surface area contributed by atoms with E-state index in [1.165, 1.54) is 0 Å². The lowest BCUT2D eigenvalue weighted by Crippen LogP contribution is -2.16. The van der Waals surface area contributed by atoms with Gasteiger partial charge in [-0.1, -0.05) is 32.9 Å². The van der Waals surface area contributed by atoms with Crippen LogP contribution in [0.2, 0.25) is 0 Å². The minimum Gasteiger partial charge on any atom is -0.270 e. The summed E-state index contributed by atoms with van der Waals surface area (Å²) in [7, 11) is -3.76. The average Bonchev–Trinajstić information content (AvgIpc) is 3.49. The maximum absolute atomic E-state index is 12.9. The summed E-state index contributed by atoms with van der Waals surface area (Å²) in [5, 5.41) is 0. The molecule has 0 spiro atoms. The van der Waals surface area contributed by atoms with Crippen molar-refractivity contribution in [3.8, 4) is 0 Å². The molecule has 0 aliphatic carbocycles. The third-order valence-corrected chi connectivity index (χ3v) is 7.34. The minimum atomic E-state index is -3.76. The Morgan fingerprint density at radius 3 is 2.35 bits per heavy atom. The zero-order chi connectivity index (χ0) is 22.4. The quantitative estimate of drug-likeness (QED) is 0.435. The predicted molar refractivity (Wildman–Crippen MR) is 129 cm³/mol. The largest absolute Gasteiger partial charge is 0.270 e. The standard InChI is InChI=1S/C22H20Br2N4O2S/c1-22(2,3)14-4-6-16(7-5-14)31(29,30)28-18-9-8-17(24)20(26-18)21-19(27-21)13-10-15(23)12-25-11-13/h4-12,21H,1-3H3,(H,26,28). The fourth-order valence-corrected chi connectivity index (χ4v) is 4.92. The van der Waals surface area contributed by atoms with Crippen molar-refractivity contribution in [2.45, 2.75) is 37.1 Å². The second-order valence-electron chi connectivity index (χ2n) is 8.25. The first-order chi connectivity index (χ1) is 14.5. The fraction of sp³-hybridized carbons (Fsp3) is 0.227. The molecule has 1 unspecified atom stereocenters. The Morgan fingerprint density at radius 1 is 1.00 bits per heavy atom. The Bertz CT molecular complexity index is 1280. The average molecular weight is 564 g/mol. The van der Waals surface area contributed by atoms with Crippen LogP contribution in [-0.2, 0) is 15.4 Å². The molecule has 160 valence electrons. The summed E-state index contributed by atoms with van der Waals surface area (Å²) >= 11 is 6.91. The lowest BCUT2D eigenvalue weighted by molar-refractivity contribution is 0.587. The molecular formula is C22H20Br2N4O2S. The van der Waals surface area contributed by atoms with E-state index >= 15 is 0 Å². The molecule has 0 fully saturated rings. The van der Waals surface area contributed by atoms with Gasteiger partial charge in [-0.3, -0.25) is 14.7 Å². The Hall–Kier alpha value is -2.10. The maximum Gasteiger partial charge on any atom is 0.263 e. The van der Waals surface area contributed by atoms with Gasteiger partial charge in [0.15, 0.2) is 0 Å². The first-order valence-corrected chi connectivity index (χ1v) is 12.6. The first kappa shape index (κ1) is 22.1. The molecule has 1 aliphatic heterocycles. The normalized spacial score (nSPS) is 16.0. The Kier molecular flexibility index (Phi) is 5.78. The summed E-state index contributed by atoms with van der Waals surface area (Å²) in [6.07, 6.45) is 3.45. The van der Waals surface area contributed by atoms with E-state index in [1.54, 1.807) is 36.7 Å². The summed E-state index contributed by atoms with van der Waals surface area (Å²) in [6, 6.07) is 12.0. The number of halogens is 2. The SMILES string of the molecule is CC(C)(C)c1ccc(S(=O)(=O)Nc2ccc(Br)c(C3N=C3c3cncc(Br)c3)n2)cc1. The van der Waals surface area contributed by atoms with Crippen LogP contribution in [0.3, 0.4) is 0 Å². The van der Waals surface area contributed by atoms with E-state index in [9.17, 15) is 8.42 Å². The molecular weight excluding hydrogens is 544 g/mol. The summed E-state index contributed by atoms with van der Waals surface area (Å²) in [4.78, 5) is 13.4. The van der Waals surface area contributed by atoms with Crippen molar-refractivity contribution >= 4 is 53.4 Å². The van der Waals surface area contributed by atoms with Crippen LogP contribution in [0.25, 0.3) is 0 Å². The van der Waals surface area contributed by atoms with E-state index in [0.717, 1.165) is 25.8 Å². The van der Waals surface area contributed by atoms with Gasteiger partial charge in [0.2, 0.25) is 0 Å². The van der Waals surface area contributed by atoms with Crippen LogP contribution in [0.4, 0.5) is 5.82 Å². The topological polar surface area (TPSA) is 84.3 Å². The van der Waals surface area contributed by atoms with Gasteiger partial charge < -0.3 is 0 Å². The van der Waals surface area contributed by atoms with Crippen LogP contribution in [0, 0.1) is 0 Å². The summed E-state index contributed by atoms with van der Waals surface area (Å²) < 4.78 is 29.9. The van der Waals surface area contributed by atoms with E-state index in [1.807, 2.05) is 18.2 Å². The van der Waals surface area contributed by atoms with E-state index < -0.39 is 10.0 Å². The molecule has 0 amide bonds. The Morgan fingerprint density at radius 2 is 1.71 bits per heavy atom. The van der Waals surface area contributed by atoms with Crippen LogP contribution in [0.15, 0.2) is 73.7 Å². The molecule has 9 heteroatoms. The monoisotopic (exact) mass is 562 g/mol. The molecule has 1 aliphatic rings. The van der Waals surface area contributed by atoms with Gasteiger partial charge in [-0.2, -0.15) is 0 Å². The van der Waals surface area contributed by atoms with Gasteiger partial charge in [-0.25, -0.2) is 13.4 Å². The number of nitrogens with zero attached hydrogens (tertiary/aromatic N) is 3. The van der Waals surface area contributed by atoms with Crippen LogP contribution >= 0.6 is 31.9 Å². The van der Waals surface area contributed by atoms with Crippen molar-refractivity contribution < 1.29 is 8.42 Å². The molecule has 1 aromatic carbocycles. The smallest absolute Gasteiger partial charge is 0.263 e. The van der Waals surface area contributed by atoms with Crippen molar-refractivity contribution in [2.24, 2.45) is 4.99 Å². The highest BCUT2D eigenvalue weighted by atomic mass is 79.9. The van der Waals surface area contributed by atoms with Crippen molar-refractivity contribution in [3.05, 3.63) is 80.6 Å². The van der Waals surface area contributed by atoms with E-state index in [0.29, 0.717) is 5.69 Å². The van der Waals surface area contributed by atoms with E-state index in [-0.39, 0.29) is 22.2 Å². The van der Waals surface area contributed by atoms with Gasteiger partial charge in [0.1, 0.15) is 11.9 Å². The molecule has 1 N–H and O–H groups in total. The predicted octanol–water partition coefficient (Wildman–Crippen LogP) is 5.64. The van der Waals surface area contributed by atoms with Crippen LogP contribution in [0.1, 0.15) is 43.6 Å². The number of benzene rings is 1. The highest BCUT2D eigenvalue weighted by Crippen LogP contribution is 2.38. The molecule has 3 heterocycles. The maximum atomic E-state index is 12.9. The van der Waals surface area contributed by atoms with Gasteiger partial charge in [0.05, 0.1) is 16.3 Å². The summed E-state index contributed by atoms with van der Waals surface area (Å²) in [6.45, 7) is 6.25. The van der Waals surface area contributed by atoms with E-state index in [2.05, 4.69) is 72.3 Å². The Balaban J connectivity index is 1.55. The molecule has 31 heavy (non-hydrogen) atoms. The second kappa shape index (κ2) is 8.11. The van der Waals surface area contributed by atoms with Crippen LogP contribution in [-0.4, -0.2) is 24.1 Å². The van der Waals surface area contributed by atoms with Gasteiger partial charge in [0.25, 0.3) is 10.0 Å². The molecule has 3 aromatic rings. The molecule has 0 saturated heterocycles. The molecule has 6 nitrogen and oxygen atoms in total. The van der Waals surface area contributed by atoms with Crippen molar-refractivity contribution in [3.63, 3.8) is 0 Å². The number of rotatable bonds is 5. The first-order valence-electron chi connectivity index (χ1n) is 9.53. The van der Waals surface area contributed by atoms with Crippen molar-refractivity contribution in [1.82, 2.24) is 9.97 Å². The number of pyridine rings is 2. The number of hydrogen-bond donors (Lipinski definition) is 1. The number of sulfonamides is 1. The molecule has 1 atom stereocenters. The van der Waals surface area contributed by atoms with E-state index in [4.69, 9.17) is 0 Å². The van der Waals surface area contributed by atoms with Gasteiger partial charge in [0, 0.05) is 26.9 Å². The molecule has 2 aromatic heterocycles. The van der Waals surface area contributed by atoms with Crippen molar-refractivity contribution in [1.29, 1.82) is 0 Å². The summed E-state index contributed by atoms with van der Waals surface area (Å²) in [5.74, 6) is 0.243. The number of aromatic nitrogens is 2. The fourth-order valence-electron chi connectivity index (χ4n) is 3.11. The highest BCUT2D eigenvalue weighted by molar-refractivity contribution is 9.10.